The maximum absolute atomic E-state index is 13.8. The largest absolute Gasteiger partial charge is 0.489 e. The average molecular weight is 588 g/mol. The lowest BCUT2D eigenvalue weighted by atomic mass is 9.87. The van der Waals surface area contributed by atoms with Crippen molar-refractivity contribution < 1.29 is 9.53 Å². The number of tetrazole rings is 1. The number of anilines is 2. The Morgan fingerprint density at radius 3 is 2.54 bits per heavy atom. The van der Waals surface area contributed by atoms with Gasteiger partial charge in [0, 0.05) is 21.4 Å². The zero-order valence-corrected chi connectivity index (χ0v) is 24.2. The highest BCUT2D eigenvalue weighted by Gasteiger charge is 2.36. The van der Waals surface area contributed by atoms with Crippen molar-refractivity contribution in [2.24, 2.45) is 0 Å². The third kappa shape index (κ3) is 5.59. The quantitative estimate of drug-likeness (QED) is 0.266. The Labute approximate surface area is 236 Å². The number of para-hydroxylation sites is 1. The molecule has 4 aromatic rings. The summed E-state index contributed by atoms with van der Waals surface area (Å²) >= 11 is 3.60. The molecule has 9 heteroatoms. The van der Waals surface area contributed by atoms with Gasteiger partial charge in [0.05, 0.1) is 5.57 Å². The first kappa shape index (κ1) is 26.6. The Balaban J connectivity index is 1.51. The number of ether oxygens (including phenoxy) is 1. The molecule has 1 aliphatic heterocycles. The number of fused-ring (bicyclic) bond motifs is 1. The molecule has 1 aliphatic rings. The smallest absolute Gasteiger partial charge is 0.255 e. The number of nitrogens with zero attached hydrogens (tertiary/aromatic N) is 4. The summed E-state index contributed by atoms with van der Waals surface area (Å²) in [4.78, 5) is 13.8. The fraction of sp³-hybridized carbons (Fsp3) is 0.267. The number of aromatic nitrogens is 4. The van der Waals surface area contributed by atoms with E-state index in [-0.39, 0.29) is 11.3 Å². The molecular weight excluding hydrogens is 556 g/mol. The lowest BCUT2D eigenvalue weighted by Crippen LogP contribution is -2.32. The van der Waals surface area contributed by atoms with E-state index in [0.717, 1.165) is 26.9 Å². The number of hydrogen-bond donors (Lipinski definition) is 2. The van der Waals surface area contributed by atoms with Crippen molar-refractivity contribution in [2.75, 3.05) is 10.6 Å². The number of nitrogens with one attached hydrogen (secondary N) is 2. The van der Waals surface area contributed by atoms with Crippen LogP contribution in [0.4, 0.5) is 11.6 Å². The summed E-state index contributed by atoms with van der Waals surface area (Å²) in [7, 11) is 0. The summed E-state index contributed by atoms with van der Waals surface area (Å²) in [5, 5.41) is 18.5. The molecule has 1 atom stereocenters. The standard InChI is InChI=1S/C30H31BrN6O2/c1-18-8-6-7-9-24(18)33-28(38)26-19(2)32-29-34-35-36-37(29)27(26)23-16-22(31)14-15-25(23)39-17-20-10-12-21(13-11-20)30(3,4)5/h6-16,27H,17H2,1-5H3,(H,33,38)(H,32,34,36). The second-order valence-corrected chi connectivity index (χ2v) is 11.6. The van der Waals surface area contributed by atoms with Gasteiger partial charge >= 0.3 is 0 Å². The van der Waals surface area contributed by atoms with E-state index in [1.807, 2.05) is 56.3 Å². The molecule has 5 rings (SSSR count). The highest BCUT2D eigenvalue weighted by molar-refractivity contribution is 9.10. The van der Waals surface area contributed by atoms with Gasteiger partial charge < -0.3 is 15.4 Å². The van der Waals surface area contributed by atoms with Gasteiger partial charge in [-0.3, -0.25) is 4.79 Å². The molecule has 0 aliphatic carbocycles. The SMILES string of the molecule is CC1=C(C(=O)Nc2ccccc2C)C(c2cc(Br)ccc2OCc2ccc(C(C)(C)C)cc2)n2nnnc2N1. The van der Waals surface area contributed by atoms with Gasteiger partial charge in [-0.05, 0) is 70.6 Å². The number of carbonyl (C=O) groups is 1. The maximum atomic E-state index is 13.8. The molecular formula is C30H31BrN6O2. The minimum atomic E-state index is -0.615. The molecule has 0 saturated carbocycles. The monoisotopic (exact) mass is 586 g/mol. The van der Waals surface area contributed by atoms with Crippen LogP contribution in [0, 0.1) is 6.92 Å². The van der Waals surface area contributed by atoms with Crippen LogP contribution in [0.15, 0.2) is 82.5 Å². The zero-order chi connectivity index (χ0) is 27.7. The van der Waals surface area contributed by atoms with E-state index in [0.29, 0.717) is 29.6 Å². The fourth-order valence-corrected chi connectivity index (χ4v) is 5.00. The van der Waals surface area contributed by atoms with Gasteiger partial charge in [-0.15, -0.1) is 0 Å². The number of halogens is 1. The molecule has 0 fully saturated rings. The lowest BCUT2D eigenvalue weighted by molar-refractivity contribution is -0.113. The van der Waals surface area contributed by atoms with Crippen LogP contribution in [0.5, 0.6) is 5.75 Å². The van der Waals surface area contributed by atoms with Gasteiger partial charge in [-0.2, -0.15) is 4.68 Å². The molecule has 0 saturated heterocycles. The van der Waals surface area contributed by atoms with Gasteiger partial charge in [0.15, 0.2) is 0 Å². The molecule has 2 N–H and O–H groups in total. The van der Waals surface area contributed by atoms with Gasteiger partial charge in [-0.1, -0.05) is 84.3 Å². The van der Waals surface area contributed by atoms with Crippen LogP contribution in [0.3, 0.4) is 0 Å². The Morgan fingerprint density at radius 1 is 1.08 bits per heavy atom. The number of rotatable bonds is 6. The van der Waals surface area contributed by atoms with Gasteiger partial charge in [0.2, 0.25) is 5.95 Å². The molecule has 0 bridgehead atoms. The van der Waals surface area contributed by atoms with Crippen molar-refractivity contribution in [1.82, 2.24) is 20.2 Å². The second kappa shape index (κ2) is 10.6. The summed E-state index contributed by atoms with van der Waals surface area (Å²) in [6.07, 6.45) is 0. The van der Waals surface area contributed by atoms with Gasteiger partial charge in [-0.25, -0.2) is 0 Å². The van der Waals surface area contributed by atoms with E-state index in [1.54, 1.807) is 4.68 Å². The van der Waals surface area contributed by atoms with Crippen molar-refractivity contribution in [3.63, 3.8) is 0 Å². The number of carbonyl (C=O) groups excluding carboxylic acids is 1. The van der Waals surface area contributed by atoms with Crippen LogP contribution >= 0.6 is 15.9 Å². The van der Waals surface area contributed by atoms with Crippen LogP contribution in [0.25, 0.3) is 0 Å². The van der Waals surface area contributed by atoms with E-state index in [2.05, 4.69) is 87.1 Å². The fourth-order valence-electron chi connectivity index (χ4n) is 4.62. The molecule has 0 radical (unpaired) electrons. The number of allylic oxidation sites excluding steroid dienone is 1. The summed E-state index contributed by atoms with van der Waals surface area (Å²) in [6, 6.07) is 21.3. The lowest BCUT2D eigenvalue weighted by Gasteiger charge is -2.29. The van der Waals surface area contributed by atoms with E-state index in [1.165, 1.54) is 5.56 Å². The van der Waals surface area contributed by atoms with Crippen molar-refractivity contribution in [3.05, 3.63) is 105 Å². The molecule has 2 heterocycles. The Hall–Kier alpha value is -3.98. The van der Waals surface area contributed by atoms with Gasteiger partial charge in [0.1, 0.15) is 18.4 Å². The van der Waals surface area contributed by atoms with E-state index in [9.17, 15) is 4.79 Å². The molecule has 8 nitrogen and oxygen atoms in total. The Bertz CT molecular complexity index is 1550. The second-order valence-electron chi connectivity index (χ2n) is 10.7. The molecule has 3 aromatic carbocycles. The zero-order valence-electron chi connectivity index (χ0n) is 22.6. The van der Waals surface area contributed by atoms with Gasteiger partial charge in [0.25, 0.3) is 5.91 Å². The van der Waals surface area contributed by atoms with E-state index >= 15 is 0 Å². The molecule has 1 aromatic heterocycles. The molecule has 0 spiro atoms. The third-order valence-corrected chi connectivity index (χ3v) is 7.33. The van der Waals surface area contributed by atoms with E-state index in [4.69, 9.17) is 4.74 Å². The molecule has 1 unspecified atom stereocenters. The number of benzene rings is 3. The van der Waals surface area contributed by atoms with Crippen molar-refractivity contribution in [1.29, 1.82) is 0 Å². The minimum absolute atomic E-state index is 0.0796. The maximum Gasteiger partial charge on any atom is 0.255 e. The van der Waals surface area contributed by atoms with Crippen molar-refractivity contribution >= 4 is 33.5 Å². The van der Waals surface area contributed by atoms with Crippen LogP contribution in [0.2, 0.25) is 0 Å². The van der Waals surface area contributed by atoms with Crippen molar-refractivity contribution in [2.45, 2.75) is 52.7 Å². The first-order valence-corrected chi connectivity index (χ1v) is 13.6. The topological polar surface area (TPSA) is 94.0 Å². The summed E-state index contributed by atoms with van der Waals surface area (Å²) in [5.41, 5.74) is 6.03. The minimum Gasteiger partial charge on any atom is -0.489 e. The Morgan fingerprint density at radius 2 is 1.82 bits per heavy atom. The number of amides is 1. The predicted octanol–water partition coefficient (Wildman–Crippen LogP) is 6.55. The summed E-state index contributed by atoms with van der Waals surface area (Å²) in [5.74, 6) is 0.846. The molecule has 200 valence electrons. The molecule has 1 amide bonds. The third-order valence-electron chi connectivity index (χ3n) is 6.83. The van der Waals surface area contributed by atoms with Crippen LogP contribution in [-0.4, -0.2) is 26.1 Å². The predicted molar refractivity (Wildman–Crippen MR) is 156 cm³/mol. The Kier molecular flexibility index (Phi) is 7.27. The normalized spacial score (nSPS) is 15.0. The first-order chi connectivity index (χ1) is 18.6. The summed E-state index contributed by atoms with van der Waals surface area (Å²) < 4.78 is 8.84. The highest BCUT2D eigenvalue weighted by Crippen LogP contribution is 2.40. The first-order valence-electron chi connectivity index (χ1n) is 12.8. The van der Waals surface area contributed by atoms with Crippen LogP contribution in [0.1, 0.15) is 56.0 Å². The average Bonchev–Trinajstić information content (AvgIpc) is 3.36. The number of hydrogen-bond acceptors (Lipinski definition) is 6. The van der Waals surface area contributed by atoms with E-state index < -0.39 is 6.04 Å². The van der Waals surface area contributed by atoms with Crippen LogP contribution in [-0.2, 0) is 16.8 Å². The van der Waals surface area contributed by atoms with Crippen molar-refractivity contribution in [3.8, 4) is 5.75 Å². The summed E-state index contributed by atoms with van der Waals surface area (Å²) in [6.45, 7) is 10.8. The molecule has 39 heavy (non-hydrogen) atoms. The number of aryl methyl sites for hydroxylation is 1. The van der Waals surface area contributed by atoms with Crippen LogP contribution < -0.4 is 15.4 Å². The highest BCUT2D eigenvalue weighted by atomic mass is 79.9.